The fourth-order valence-corrected chi connectivity index (χ4v) is 3.41. The Morgan fingerprint density at radius 3 is 2.38 bits per heavy atom. The molecule has 0 aliphatic carbocycles. The molecule has 0 spiro atoms. The van der Waals surface area contributed by atoms with Crippen LogP contribution in [-0.2, 0) is 10.0 Å². The molecule has 21 heavy (non-hydrogen) atoms. The molecule has 112 valence electrons. The van der Waals surface area contributed by atoms with E-state index in [1.165, 1.54) is 42.5 Å². The number of halogens is 2. The zero-order valence-corrected chi connectivity index (χ0v) is 12.7. The molecule has 0 heterocycles. The van der Waals surface area contributed by atoms with E-state index in [0.717, 1.165) is 0 Å². The molecule has 1 atom stereocenters. The minimum Gasteiger partial charge on any atom is -0.398 e. The molecule has 2 aromatic carbocycles. The summed E-state index contributed by atoms with van der Waals surface area (Å²) in [5, 5.41) is 0.359. The van der Waals surface area contributed by atoms with Crippen molar-refractivity contribution in [1.82, 2.24) is 4.72 Å². The van der Waals surface area contributed by atoms with Gasteiger partial charge in [0.25, 0.3) is 0 Å². The fourth-order valence-electron chi connectivity index (χ4n) is 1.88. The van der Waals surface area contributed by atoms with Gasteiger partial charge in [-0.2, -0.15) is 0 Å². The number of nitrogen functional groups attached to an aromatic ring is 1. The summed E-state index contributed by atoms with van der Waals surface area (Å²) in [6.07, 6.45) is 0. The van der Waals surface area contributed by atoms with Crippen molar-refractivity contribution in [2.45, 2.75) is 17.9 Å². The zero-order valence-electron chi connectivity index (χ0n) is 11.2. The van der Waals surface area contributed by atoms with E-state index in [1.807, 2.05) is 0 Å². The molecule has 7 heteroatoms. The van der Waals surface area contributed by atoms with Gasteiger partial charge in [-0.05, 0) is 42.8 Å². The molecule has 0 bridgehead atoms. The number of rotatable bonds is 4. The minimum absolute atomic E-state index is 0.0409. The number of anilines is 1. The highest BCUT2D eigenvalue weighted by Gasteiger charge is 2.21. The van der Waals surface area contributed by atoms with E-state index in [9.17, 15) is 12.8 Å². The first kappa shape index (κ1) is 15.8. The fraction of sp³-hybridized carbons (Fsp3) is 0.143. The second-order valence-electron chi connectivity index (χ2n) is 4.58. The largest absolute Gasteiger partial charge is 0.398 e. The van der Waals surface area contributed by atoms with Gasteiger partial charge in [-0.15, -0.1) is 0 Å². The second kappa shape index (κ2) is 6.01. The second-order valence-corrected chi connectivity index (χ2v) is 6.70. The van der Waals surface area contributed by atoms with Crippen LogP contribution < -0.4 is 10.5 Å². The van der Waals surface area contributed by atoms with Gasteiger partial charge in [-0.25, -0.2) is 17.5 Å². The van der Waals surface area contributed by atoms with Crippen molar-refractivity contribution in [1.29, 1.82) is 0 Å². The third-order valence-corrected chi connectivity index (χ3v) is 4.81. The summed E-state index contributed by atoms with van der Waals surface area (Å²) < 4.78 is 40.0. The summed E-state index contributed by atoms with van der Waals surface area (Å²) in [5.41, 5.74) is 6.41. The lowest BCUT2D eigenvalue weighted by molar-refractivity contribution is 0.567. The molecular weight excluding hydrogens is 315 g/mol. The molecule has 0 saturated carbocycles. The maximum atomic E-state index is 12.9. The van der Waals surface area contributed by atoms with Crippen LogP contribution in [0.25, 0.3) is 0 Å². The highest BCUT2D eigenvalue weighted by Crippen LogP contribution is 2.24. The lowest BCUT2D eigenvalue weighted by atomic mass is 10.1. The summed E-state index contributed by atoms with van der Waals surface area (Å²) in [4.78, 5) is -0.0409. The summed E-state index contributed by atoms with van der Waals surface area (Å²) in [6, 6.07) is 9.24. The van der Waals surface area contributed by atoms with Gasteiger partial charge in [-0.1, -0.05) is 23.7 Å². The van der Waals surface area contributed by atoms with Crippen molar-refractivity contribution in [3.8, 4) is 0 Å². The number of nitrogens with two attached hydrogens (primary N) is 1. The molecule has 4 nitrogen and oxygen atoms in total. The molecule has 2 rings (SSSR count). The van der Waals surface area contributed by atoms with Crippen molar-refractivity contribution in [3.05, 3.63) is 58.9 Å². The first-order valence-corrected chi connectivity index (χ1v) is 7.98. The lowest BCUT2D eigenvalue weighted by Crippen LogP contribution is -2.27. The number of nitrogens with one attached hydrogen (secondary N) is 1. The third-order valence-electron chi connectivity index (χ3n) is 2.96. The molecule has 0 aliphatic heterocycles. The number of hydrogen-bond donors (Lipinski definition) is 2. The predicted molar refractivity (Wildman–Crippen MR) is 81.0 cm³/mol. The standard InChI is InChI=1S/C14H14ClFN2O2S/c1-9(10-2-5-12(16)6-3-10)18-21(19,20)14-7-4-11(15)8-13(14)17/h2-9,18H,17H2,1H3. The number of hydrogen-bond acceptors (Lipinski definition) is 3. The quantitative estimate of drug-likeness (QED) is 0.847. The van der Waals surface area contributed by atoms with Crippen LogP contribution in [0.15, 0.2) is 47.4 Å². The topological polar surface area (TPSA) is 72.2 Å². The molecule has 0 aromatic heterocycles. The molecule has 3 N–H and O–H groups in total. The Kier molecular flexibility index (Phi) is 4.51. The molecule has 0 aliphatic rings. The van der Waals surface area contributed by atoms with Crippen molar-refractivity contribution < 1.29 is 12.8 Å². The van der Waals surface area contributed by atoms with E-state index in [-0.39, 0.29) is 16.4 Å². The van der Waals surface area contributed by atoms with Gasteiger partial charge in [0.1, 0.15) is 10.7 Å². The summed E-state index contributed by atoms with van der Waals surface area (Å²) in [5.74, 6) is -0.379. The van der Waals surface area contributed by atoms with Crippen LogP contribution >= 0.6 is 11.6 Å². The van der Waals surface area contributed by atoms with E-state index in [1.54, 1.807) is 6.92 Å². The average Bonchev–Trinajstić information content (AvgIpc) is 2.38. The zero-order chi connectivity index (χ0) is 15.6. The van der Waals surface area contributed by atoms with Gasteiger partial charge in [-0.3, -0.25) is 0 Å². The highest BCUT2D eigenvalue weighted by atomic mass is 35.5. The van der Waals surface area contributed by atoms with E-state index < -0.39 is 16.1 Å². The molecule has 2 aromatic rings. The number of benzene rings is 2. The van der Waals surface area contributed by atoms with Crippen LogP contribution in [0, 0.1) is 5.82 Å². The van der Waals surface area contributed by atoms with Crippen molar-refractivity contribution in [2.24, 2.45) is 0 Å². The van der Waals surface area contributed by atoms with Crippen molar-refractivity contribution in [2.75, 3.05) is 5.73 Å². The van der Waals surface area contributed by atoms with Crippen LogP contribution in [0.5, 0.6) is 0 Å². The first-order valence-electron chi connectivity index (χ1n) is 6.12. The predicted octanol–water partition coefficient (Wildman–Crippen LogP) is 3.10. The van der Waals surface area contributed by atoms with Gasteiger partial charge < -0.3 is 5.73 Å². The average molecular weight is 329 g/mol. The molecule has 1 unspecified atom stereocenters. The van der Waals surface area contributed by atoms with Crippen LogP contribution in [0.2, 0.25) is 5.02 Å². The Hall–Kier alpha value is -1.63. The van der Waals surface area contributed by atoms with Crippen molar-refractivity contribution in [3.63, 3.8) is 0 Å². The van der Waals surface area contributed by atoms with Gasteiger partial charge in [0, 0.05) is 11.1 Å². The maximum Gasteiger partial charge on any atom is 0.243 e. The maximum absolute atomic E-state index is 12.9. The van der Waals surface area contributed by atoms with Crippen LogP contribution in [0.4, 0.5) is 10.1 Å². The Bertz CT molecular complexity index is 748. The molecule has 0 amide bonds. The SMILES string of the molecule is CC(NS(=O)(=O)c1ccc(Cl)cc1N)c1ccc(F)cc1. The molecule has 0 saturated heterocycles. The van der Waals surface area contributed by atoms with Gasteiger partial charge in [0.05, 0.1) is 5.69 Å². The Balaban J connectivity index is 2.26. The van der Waals surface area contributed by atoms with Gasteiger partial charge in [0.15, 0.2) is 0 Å². The Morgan fingerprint density at radius 1 is 1.19 bits per heavy atom. The van der Waals surface area contributed by atoms with Gasteiger partial charge in [0.2, 0.25) is 10.0 Å². The van der Waals surface area contributed by atoms with E-state index in [2.05, 4.69) is 4.72 Å². The van der Waals surface area contributed by atoms with Crippen LogP contribution in [0.1, 0.15) is 18.5 Å². The van der Waals surface area contributed by atoms with E-state index in [0.29, 0.717) is 10.6 Å². The first-order chi connectivity index (χ1) is 9.79. The van der Waals surface area contributed by atoms with Crippen molar-refractivity contribution >= 4 is 27.3 Å². The Morgan fingerprint density at radius 2 is 1.81 bits per heavy atom. The lowest BCUT2D eigenvalue weighted by Gasteiger charge is -2.15. The summed E-state index contributed by atoms with van der Waals surface area (Å²) in [7, 11) is -3.79. The monoisotopic (exact) mass is 328 g/mol. The van der Waals surface area contributed by atoms with Crippen LogP contribution in [0.3, 0.4) is 0 Å². The minimum atomic E-state index is -3.79. The summed E-state index contributed by atoms with van der Waals surface area (Å²) in [6.45, 7) is 1.66. The van der Waals surface area contributed by atoms with E-state index in [4.69, 9.17) is 17.3 Å². The third kappa shape index (κ3) is 3.72. The molecule has 0 radical (unpaired) electrons. The van der Waals surface area contributed by atoms with E-state index >= 15 is 0 Å². The normalized spacial score (nSPS) is 13.1. The molecular formula is C14H14ClFN2O2S. The van der Waals surface area contributed by atoms with Gasteiger partial charge >= 0.3 is 0 Å². The highest BCUT2D eigenvalue weighted by molar-refractivity contribution is 7.89. The van der Waals surface area contributed by atoms with Crippen LogP contribution in [-0.4, -0.2) is 8.42 Å². The number of sulfonamides is 1. The smallest absolute Gasteiger partial charge is 0.243 e. The Labute approximate surface area is 127 Å². The summed E-state index contributed by atoms with van der Waals surface area (Å²) >= 11 is 5.75. The molecule has 0 fully saturated rings.